The number of anilines is 1. The van der Waals surface area contributed by atoms with E-state index in [1.165, 1.54) is 44.9 Å². The predicted octanol–water partition coefficient (Wildman–Crippen LogP) is 2.55. The summed E-state index contributed by atoms with van der Waals surface area (Å²) in [7, 11) is 0. The number of nitrogens with one attached hydrogen (secondary N) is 1. The number of fused-ring (bicyclic) bond motifs is 1. The molecular weight excluding hydrogens is 370 g/mol. The molecule has 1 saturated heterocycles. The topological polar surface area (TPSA) is 105 Å². The third-order valence-electron chi connectivity index (χ3n) is 6.58. The van der Waals surface area contributed by atoms with Gasteiger partial charge in [0.05, 0.1) is 6.33 Å². The lowest BCUT2D eigenvalue weighted by atomic mass is 10.0. The number of hydrogen-bond donors (Lipinski definition) is 3. The zero-order valence-electron chi connectivity index (χ0n) is 16.5. The molecule has 0 spiro atoms. The Balaban J connectivity index is 1.37. The fourth-order valence-corrected chi connectivity index (χ4v) is 4.90. The van der Waals surface area contributed by atoms with Gasteiger partial charge < -0.3 is 20.3 Å². The second-order valence-electron chi connectivity index (χ2n) is 8.57. The lowest BCUT2D eigenvalue weighted by Gasteiger charge is -2.17. The van der Waals surface area contributed by atoms with E-state index in [1.807, 2.05) is 6.08 Å². The molecule has 0 radical (unpaired) electrons. The molecule has 0 amide bonds. The number of nitrogens with zero attached hydrogens (tertiary/aromatic N) is 4. The maximum absolute atomic E-state index is 10.6. The number of aliphatic hydroxyl groups is 2. The van der Waals surface area contributed by atoms with Gasteiger partial charge in [-0.1, -0.05) is 37.8 Å². The smallest absolute Gasteiger partial charge is 0.167 e. The number of rotatable bonds is 5. The Morgan fingerprint density at radius 1 is 0.966 bits per heavy atom. The minimum atomic E-state index is -1.05. The van der Waals surface area contributed by atoms with Crippen LogP contribution in [0.15, 0.2) is 24.8 Å². The maximum Gasteiger partial charge on any atom is 0.167 e. The second kappa shape index (κ2) is 8.01. The molecule has 2 saturated carbocycles. The van der Waals surface area contributed by atoms with Gasteiger partial charge in [-0.2, -0.15) is 0 Å². The molecule has 2 aliphatic carbocycles. The minimum Gasteiger partial charge on any atom is -0.387 e. The van der Waals surface area contributed by atoms with E-state index in [4.69, 9.17) is 4.74 Å². The molecule has 3 fully saturated rings. The molecule has 3 heterocycles. The standard InChI is InChI=1S/C21H29N5O3/c27-17-15(10-9-13-5-1-2-6-13)29-21(18(17)28)26-12-24-16-19(22-11-23-20(16)26)25-14-7-3-4-8-14/h9-15,17-18,21,27-28H,1-8H2,(H,22,23,25)/t15-,17-,18-,21-/m1/s1. The summed E-state index contributed by atoms with van der Waals surface area (Å²) in [5.41, 5.74) is 1.26. The molecule has 29 heavy (non-hydrogen) atoms. The Kier molecular flexibility index (Phi) is 5.24. The molecule has 0 bridgehead atoms. The number of imidazole rings is 1. The quantitative estimate of drug-likeness (QED) is 0.664. The molecule has 0 aromatic carbocycles. The molecule has 2 aromatic rings. The van der Waals surface area contributed by atoms with Crippen molar-refractivity contribution in [3.63, 3.8) is 0 Å². The molecule has 0 unspecified atom stereocenters. The van der Waals surface area contributed by atoms with Crippen molar-refractivity contribution in [3.05, 3.63) is 24.8 Å². The Morgan fingerprint density at radius 3 is 2.52 bits per heavy atom. The molecule has 3 N–H and O–H groups in total. The van der Waals surface area contributed by atoms with Crippen molar-refractivity contribution in [1.82, 2.24) is 19.5 Å². The van der Waals surface area contributed by atoms with Gasteiger partial charge in [0.25, 0.3) is 0 Å². The van der Waals surface area contributed by atoms with Crippen molar-refractivity contribution in [2.45, 2.75) is 81.9 Å². The molecule has 156 valence electrons. The zero-order valence-corrected chi connectivity index (χ0v) is 16.5. The van der Waals surface area contributed by atoms with Crippen LogP contribution in [0.1, 0.15) is 57.6 Å². The molecule has 5 rings (SSSR count). The van der Waals surface area contributed by atoms with Gasteiger partial charge in [0.1, 0.15) is 24.6 Å². The van der Waals surface area contributed by atoms with Crippen molar-refractivity contribution in [3.8, 4) is 0 Å². The Labute approximate surface area is 170 Å². The molecule has 8 nitrogen and oxygen atoms in total. The first-order valence-electron chi connectivity index (χ1n) is 10.8. The first-order valence-corrected chi connectivity index (χ1v) is 10.8. The van der Waals surface area contributed by atoms with E-state index in [0.717, 1.165) is 12.8 Å². The van der Waals surface area contributed by atoms with Crippen LogP contribution in [0.2, 0.25) is 0 Å². The highest BCUT2D eigenvalue weighted by Gasteiger charge is 2.43. The van der Waals surface area contributed by atoms with E-state index < -0.39 is 24.5 Å². The average Bonchev–Trinajstić information content (AvgIpc) is 3.51. The normalized spacial score (nSPS) is 31.5. The van der Waals surface area contributed by atoms with Crippen LogP contribution in [0.3, 0.4) is 0 Å². The summed E-state index contributed by atoms with van der Waals surface area (Å²) in [6.07, 6.45) is 13.5. The summed E-state index contributed by atoms with van der Waals surface area (Å²) in [5.74, 6) is 1.26. The summed E-state index contributed by atoms with van der Waals surface area (Å²) < 4.78 is 7.73. The van der Waals surface area contributed by atoms with Gasteiger partial charge in [-0.15, -0.1) is 0 Å². The Hall–Kier alpha value is -2.03. The molecule has 1 aliphatic heterocycles. The largest absolute Gasteiger partial charge is 0.387 e. The van der Waals surface area contributed by atoms with E-state index in [-0.39, 0.29) is 0 Å². The highest BCUT2D eigenvalue weighted by molar-refractivity contribution is 5.82. The minimum absolute atomic E-state index is 0.415. The summed E-state index contributed by atoms with van der Waals surface area (Å²) in [4.78, 5) is 13.2. The van der Waals surface area contributed by atoms with Gasteiger partial charge in [-0.25, -0.2) is 15.0 Å². The van der Waals surface area contributed by atoms with Crippen molar-refractivity contribution >= 4 is 17.0 Å². The maximum atomic E-state index is 10.6. The lowest BCUT2D eigenvalue weighted by molar-refractivity contribution is -0.0245. The Bertz CT molecular complexity index is 872. The molecule has 8 heteroatoms. The van der Waals surface area contributed by atoms with Crippen LogP contribution >= 0.6 is 0 Å². The van der Waals surface area contributed by atoms with Crippen molar-refractivity contribution in [2.24, 2.45) is 5.92 Å². The molecule has 4 atom stereocenters. The van der Waals surface area contributed by atoms with E-state index in [1.54, 1.807) is 10.9 Å². The van der Waals surface area contributed by atoms with E-state index in [0.29, 0.717) is 28.9 Å². The van der Waals surface area contributed by atoms with Gasteiger partial charge in [0.2, 0.25) is 0 Å². The molecule has 3 aliphatic rings. The number of allylic oxidation sites excluding steroid dienone is 1. The van der Waals surface area contributed by atoms with Gasteiger partial charge in [-0.3, -0.25) is 4.57 Å². The van der Waals surface area contributed by atoms with Gasteiger partial charge in [-0.05, 0) is 31.6 Å². The highest BCUT2D eigenvalue weighted by atomic mass is 16.6. The average molecular weight is 399 g/mol. The fraction of sp³-hybridized carbons (Fsp3) is 0.667. The van der Waals surface area contributed by atoms with Crippen LogP contribution < -0.4 is 5.32 Å². The third kappa shape index (κ3) is 3.65. The van der Waals surface area contributed by atoms with Gasteiger partial charge >= 0.3 is 0 Å². The van der Waals surface area contributed by atoms with E-state index in [9.17, 15) is 10.2 Å². The molecular formula is C21H29N5O3. The van der Waals surface area contributed by atoms with Crippen LogP contribution in [0.4, 0.5) is 5.82 Å². The van der Waals surface area contributed by atoms with Crippen LogP contribution in [0.5, 0.6) is 0 Å². The fourth-order valence-electron chi connectivity index (χ4n) is 4.90. The van der Waals surface area contributed by atoms with Gasteiger partial charge in [0, 0.05) is 6.04 Å². The van der Waals surface area contributed by atoms with Crippen molar-refractivity contribution in [1.29, 1.82) is 0 Å². The number of aromatic nitrogens is 4. The van der Waals surface area contributed by atoms with Crippen LogP contribution in [0.25, 0.3) is 11.2 Å². The monoisotopic (exact) mass is 399 g/mol. The first-order chi connectivity index (χ1) is 14.2. The van der Waals surface area contributed by atoms with Crippen molar-refractivity contribution < 1.29 is 14.9 Å². The number of hydrogen-bond acceptors (Lipinski definition) is 7. The molecule has 2 aromatic heterocycles. The van der Waals surface area contributed by atoms with E-state index in [2.05, 4.69) is 26.3 Å². The number of ether oxygens (including phenoxy) is 1. The van der Waals surface area contributed by atoms with Crippen molar-refractivity contribution in [2.75, 3.05) is 5.32 Å². The number of aliphatic hydroxyl groups excluding tert-OH is 2. The third-order valence-corrected chi connectivity index (χ3v) is 6.58. The lowest BCUT2D eigenvalue weighted by Crippen LogP contribution is -2.30. The predicted molar refractivity (Wildman–Crippen MR) is 108 cm³/mol. The highest BCUT2D eigenvalue weighted by Crippen LogP contribution is 2.34. The van der Waals surface area contributed by atoms with Gasteiger partial charge in [0.15, 0.2) is 23.2 Å². The summed E-state index contributed by atoms with van der Waals surface area (Å²) in [6.45, 7) is 0. The SMILES string of the molecule is O[C@@H]1[C@H](O)[C@@H](C=CC2CCCC2)O[C@H]1n1cnc2c(NC3CCCC3)ncnc21. The summed E-state index contributed by atoms with van der Waals surface area (Å²) in [5, 5.41) is 24.6. The van der Waals surface area contributed by atoms with Crippen LogP contribution in [-0.2, 0) is 4.74 Å². The second-order valence-corrected chi connectivity index (χ2v) is 8.57. The van der Waals surface area contributed by atoms with E-state index >= 15 is 0 Å². The zero-order chi connectivity index (χ0) is 19.8. The first kappa shape index (κ1) is 19.0. The summed E-state index contributed by atoms with van der Waals surface area (Å²) in [6, 6.07) is 0.415. The summed E-state index contributed by atoms with van der Waals surface area (Å²) >= 11 is 0. The Morgan fingerprint density at radius 2 is 1.72 bits per heavy atom. The van der Waals surface area contributed by atoms with Crippen LogP contribution in [0, 0.1) is 5.92 Å². The van der Waals surface area contributed by atoms with Crippen LogP contribution in [-0.4, -0.2) is 54.1 Å².